The number of aliphatic hydroxyl groups excluding tert-OH is 1. The van der Waals surface area contributed by atoms with E-state index in [1.807, 2.05) is 53.1 Å². The minimum Gasteiger partial charge on any atom is -0.495 e. The van der Waals surface area contributed by atoms with Gasteiger partial charge in [0.1, 0.15) is 12.1 Å². The fourth-order valence-electron chi connectivity index (χ4n) is 2.46. The Morgan fingerprint density at radius 1 is 1.19 bits per heavy atom. The first-order chi connectivity index (χ1) is 13.2. The number of hydrogen-bond donors (Lipinski definition) is 1. The summed E-state index contributed by atoms with van der Waals surface area (Å²) in [6.45, 7) is 0.569. The first-order valence-electron chi connectivity index (χ1n) is 8.34. The zero-order chi connectivity index (χ0) is 19.1. The molecule has 3 aromatic rings. The summed E-state index contributed by atoms with van der Waals surface area (Å²) in [5.41, 5.74) is 1.74. The maximum Gasteiger partial charge on any atom is 0.195 e. The van der Waals surface area contributed by atoms with Gasteiger partial charge in [0, 0.05) is 10.8 Å². The third-order valence-corrected chi connectivity index (χ3v) is 5.25. The lowest BCUT2D eigenvalue weighted by atomic mass is 10.2. The average molecular weight is 406 g/mol. The van der Waals surface area contributed by atoms with Crippen molar-refractivity contribution < 1.29 is 14.6 Å². The number of halogens is 1. The van der Waals surface area contributed by atoms with Gasteiger partial charge in [0.05, 0.1) is 32.1 Å². The third-order valence-electron chi connectivity index (χ3n) is 3.79. The fraction of sp³-hybridized carbons (Fsp3) is 0.263. The van der Waals surface area contributed by atoms with Crippen molar-refractivity contribution in [2.75, 3.05) is 19.5 Å². The molecule has 0 fully saturated rings. The van der Waals surface area contributed by atoms with Crippen LogP contribution in [0.15, 0.2) is 60.0 Å². The second kappa shape index (κ2) is 9.75. The van der Waals surface area contributed by atoms with E-state index in [4.69, 9.17) is 21.1 Å². The summed E-state index contributed by atoms with van der Waals surface area (Å²) in [7, 11) is 1.62. The second-order valence-electron chi connectivity index (χ2n) is 5.73. The Morgan fingerprint density at radius 2 is 1.96 bits per heavy atom. The van der Waals surface area contributed by atoms with Crippen LogP contribution in [0.2, 0.25) is 5.02 Å². The lowest BCUT2D eigenvalue weighted by molar-refractivity contribution is 0.0398. The molecule has 6 nitrogen and oxygen atoms in total. The lowest BCUT2D eigenvalue weighted by Crippen LogP contribution is -2.18. The summed E-state index contributed by atoms with van der Waals surface area (Å²) in [6.07, 6.45) is 0.987. The van der Waals surface area contributed by atoms with Gasteiger partial charge in [0.15, 0.2) is 5.16 Å². The number of rotatable bonds is 9. The molecular weight excluding hydrogens is 386 g/mol. The molecule has 0 amide bonds. The molecule has 8 heteroatoms. The van der Waals surface area contributed by atoms with Gasteiger partial charge < -0.3 is 14.6 Å². The van der Waals surface area contributed by atoms with Gasteiger partial charge in [-0.3, -0.25) is 4.57 Å². The van der Waals surface area contributed by atoms with Crippen LogP contribution in [0.3, 0.4) is 0 Å². The van der Waals surface area contributed by atoms with Gasteiger partial charge in [-0.15, -0.1) is 10.2 Å². The zero-order valence-electron chi connectivity index (χ0n) is 14.8. The van der Waals surface area contributed by atoms with E-state index in [0.717, 1.165) is 17.0 Å². The molecular formula is C19H20ClN3O3S. The molecule has 1 unspecified atom stereocenters. The van der Waals surface area contributed by atoms with Gasteiger partial charge in [0.2, 0.25) is 0 Å². The van der Waals surface area contributed by atoms with Crippen LogP contribution in [-0.4, -0.2) is 45.4 Å². The number of hydrogen-bond acceptors (Lipinski definition) is 6. The molecule has 1 atom stereocenters. The van der Waals surface area contributed by atoms with Crippen molar-refractivity contribution >= 4 is 23.4 Å². The van der Waals surface area contributed by atoms with Gasteiger partial charge in [-0.1, -0.05) is 53.7 Å². The molecule has 3 rings (SSSR count). The topological polar surface area (TPSA) is 69.4 Å². The molecule has 0 bridgehead atoms. The SMILES string of the molecule is COc1ccccc1-n1cnnc1SCC(O)COCc1ccccc1Cl. The Kier molecular flexibility index (Phi) is 7.11. The summed E-state index contributed by atoms with van der Waals surface area (Å²) >= 11 is 7.50. The van der Waals surface area contributed by atoms with Crippen molar-refractivity contribution in [3.63, 3.8) is 0 Å². The predicted molar refractivity (Wildman–Crippen MR) is 106 cm³/mol. The van der Waals surface area contributed by atoms with Crippen molar-refractivity contribution in [2.45, 2.75) is 17.9 Å². The van der Waals surface area contributed by atoms with Crippen LogP contribution < -0.4 is 4.74 Å². The van der Waals surface area contributed by atoms with Crippen molar-refractivity contribution in [3.05, 3.63) is 65.4 Å². The van der Waals surface area contributed by atoms with Gasteiger partial charge in [-0.05, 0) is 23.8 Å². The van der Waals surface area contributed by atoms with E-state index in [9.17, 15) is 5.11 Å². The molecule has 0 aliphatic carbocycles. The van der Waals surface area contributed by atoms with Gasteiger partial charge in [0.25, 0.3) is 0 Å². The number of methoxy groups -OCH3 is 1. The van der Waals surface area contributed by atoms with Crippen LogP contribution in [0.4, 0.5) is 0 Å². The maximum absolute atomic E-state index is 10.2. The van der Waals surface area contributed by atoms with E-state index in [0.29, 0.717) is 22.5 Å². The Balaban J connectivity index is 1.53. The Labute approximate surface area is 167 Å². The monoisotopic (exact) mass is 405 g/mol. The van der Waals surface area contributed by atoms with Gasteiger partial charge in [-0.25, -0.2) is 0 Å². The fourth-order valence-corrected chi connectivity index (χ4v) is 3.47. The smallest absolute Gasteiger partial charge is 0.195 e. The summed E-state index contributed by atoms with van der Waals surface area (Å²) in [6, 6.07) is 15.1. The standard InChI is InChI=1S/C19H20ClN3O3S/c1-25-18-9-5-4-8-17(18)23-13-21-22-19(23)27-12-15(24)11-26-10-14-6-2-3-7-16(14)20/h2-9,13,15,24H,10-12H2,1H3. The van der Waals surface area contributed by atoms with Crippen LogP contribution in [-0.2, 0) is 11.3 Å². The molecule has 0 spiro atoms. The van der Waals surface area contributed by atoms with E-state index in [2.05, 4.69) is 10.2 Å². The third kappa shape index (κ3) is 5.23. The van der Waals surface area contributed by atoms with Gasteiger partial charge in [-0.2, -0.15) is 0 Å². The van der Waals surface area contributed by atoms with E-state index in [-0.39, 0.29) is 6.61 Å². The number of aromatic nitrogens is 3. The number of thioether (sulfide) groups is 1. The van der Waals surface area contributed by atoms with Crippen LogP contribution in [0.25, 0.3) is 5.69 Å². The Bertz CT molecular complexity index is 875. The second-order valence-corrected chi connectivity index (χ2v) is 7.12. The minimum absolute atomic E-state index is 0.209. The number of benzene rings is 2. The highest BCUT2D eigenvalue weighted by molar-refractivity contribution is 7.99. The van der Waals surface area contributed by atoms with Crippen molar-refractivity contribution in [1.29, 1.82) is 0 Å². The first kappa shape index (κ1) is 19.7. The van der Waals surface area contributed by atoms with Crippen LogP contribution in [0.5, 0.6) is 5.75 Å². The predicted octanol–water partition coefficient (Wildman–Crippen LogP) is 3.60. The molecule has 1 N–H and O–H groups in total. The Morgan fingerprint density at radius 3 is 2.78 bits per heavy atom. The molecule has 0 saturated heterocycles. The van der Waals surface area contributed by atoms with Crippen molar-refractivity contribution in [1.82, 2.24) is 14.8 Å². The van der Waals surface area contributed by atoms with Crippen LogP contribution in [0, 0.1) is 0 Å². The van der Waals surface area contributed by atoms with E-state index in [1.165, 1.54) is 11.8 Å². The maximum atomic E-state index is 10.2. The van der Waals surface area contributed by atoms with E-state index < -0.39 is 6.10 Å². The highest BCUT2D eigenvalue weighted by Gasteiger charge is 2.14. The quantitative estimate of drug-likeness (QED) is 0.548. The van der Waals surface area contributed by atoms with Crippen molar-refractivity contribution in [2.24, 2.45) is 0 Å². The van der Waals surface area contributed by atoms with E-state index >= 15 is 0 Å². The van der Waals surface area contributed by atoms with Crippen LogP contribution >= 0.6 is 23.4 Å². The summed E-state index contributed by atoms with van der Waals surface area (Å²) in [4.78, 5) is 0. The number of aliphatic hydroxyl groups is 1. The zero-order valence-corrected chi connectivity index (χ0v) is 16.4. The molecule has 2 aromatic carbocycles. The molecule has 0 aliphatic heterocycles. The summed E-state index contributed by atoms with van der Waals surface area (Å²) in [5, 5.41) is 19.6. The Hall–Kier alpha value is -2.06. The molecule has 0 radical (unpaired) electrons. The summed E-state index contributed by atoms with van der Waals surface area (Å²) < 4.78 is 12.8. The molecule has 1 aromatic heterocycles. The van der Waals surface area contributed by atoms with Crippen LogP contribution in [0.1, 0.15) is 5.56 Å². The highest BCUT2D eigenvalue weighted by Crippen LogP contribution is 2.27. The number of para-hydroxylation sites is 2. The average Bonchev–Trinajstić information content (AvgIpc) is 3.16. The number of ether oxygens (including phenoxy) is 2. The van der Waals surface area contributed by atoms with Crippen molar-refractivity contribution in [3.8, 4) is 11.4 Å². The van der Waals surface area contributed by atoms with Gasteiger partial charge >= 0.3 is 0 Å². The lowest BCUT2D eigenvalue weighted by Gasteiger charge is -2.13. The van der Waals surface area contributed by atoms with E-state index in [1.54, 1.807) is 13.4 Å². The highest BCUT2D eigenvalue weighted by atomic mass is 35.5. The minimum atomic E-state index is -0.639. The molecule has 0 saturated carbocycles. The first-order valence-corrected chi connectivity index (χ1v) is 9.71. The molecule has 142 valence electrons. The molecule has 1 heterocycles. The molecule has 27 heavy (non-hydrogen) atoms. The summed E-state index contributed by atoms with van der Waals surface area (Å²) in [5.74, 6) is 1.15. The largest absolute Gasteiger partial charge is 0.495 e. The molecule has 0 aliphatic rings. The number of nitrogens with zero attached hydrogens (tertiary/aromatic N) is 3. The normalized spacial score (nSPS) is 12.1.